The third-order valence-corrected chi connectivity index (χ3v) is 4.96. The fourth-order valence-corrected chi connectivity index (χ4v) is 3.68. The van der Waals surface area contributed by atoms with E-state index in [1.807, 2.05) is 70.4 Å². The van der Waals surface area contributed by atoms with Crippen molar-refractivity contribution in [1.82, 2.24) is 14.8 Å². The molecule has 0 fully saturated rings. The van der Waals surface area contributed by atoms with Gasteiger partial charge >= 0.3 is 0 Å². The molecule has 1 aliphatic heterocycles. The molecule has 0 radical (unpaired) electrons. The lowest BCUT2D eigenvalue weighted by Crippen LogP contribution is -2.47. The van der Waals surface area contributed by atoms with Crippen molar-refractivity contribution in [3.8, 4) is 17.2 Å². The van der Waals surface area contributed by atoms with Gasteiger partial charge in [0.25, 0.3) is 5.91 Å². The van der Waals surface area contributed by atoms with Gasteiger partial charge in [-0.15, -0.1) is 0 Å². The van der Waals surface area contributed by atoms with Crippen LogP contribution in [0.25, 0.3) is 5.69 Å². The van der Waals surface area contributed by atoms with Crippen LogP contribution in [-0.2, 0) is 4.79 Å². The molecule has 30 heavy (non-hydrogen) atoms. The van der Waals surface area contributed by atoms with Crippen LogP contribution in [-0.4, -0.2) is 53.1 Å². The molecule has 7 heteroatoms. The Kier molecular flexibility index (Phi) is 6.10. The Labute approximate surface area is 178 Å². The van der Waals surface area contributed by atoms with Crippen LogP contribution in [0.3, 0.4) is 0 Å². The van der Waals surface area contributed by atoms with Crippen molar-refractivity contribution in [1.29, 1.82) is 0 Å². The first-order valence-electron chi connectivity index (χ1n) is 10.3. The molecule has 2 aromatic rings. The molecule has 1 N–H and O–H groups in total. The fraction of sp³-hybridized carbons (Fsp3) is 0.478. The Morgan fingerprint density at radius 1 is 1.10 bits per heavy atom. The molecule has 0 bridgehead atoms. The molecule has 0 saturated carbocycles. The van der Waals surface area contributed by atoms with Crippen molar-refractivity contribution in [3.05, 3.63) is 41.2 Å². The Balaban J connectivity index is 1.87. The lowest BCUT2D eigenvalue weighted by atomic mass is 10.1. The Hall–Kier alpha value is -2.96. The van der Waals surface area contributed by atoms with Crippen LogP contribution in [0.5, 0.6) is 11.5 Å². The lowest BCUT2D eigenvalue weighted by Gasteiger charge is -2.25. The van der Waals surface area contributed by atoms with E-state index in [-0.39, 0.29) is 23.9 Å². The smallest absolute Gasteiger partial charge is 0.256 e. The van der Waals surface area contributed by atoms with Crippen molar-refractivity contribution < 1.29 is 19.1 Å². The summed E-state index contributed by atoms with van der Waals surface area (Å²) in [6.07, 6.45) is 0. The maximum Gasteiger partial charge on any atom is 0.256 e. The fourth-order valence-electron chi connectivity index (χ4n) is 3.68. The number of fused-ring (bicyclic) bond motifs is 1. The number of aryl methyl sites for hydroxylation is 1. The molecule has 0 spiro atoms. The van der Waals surface area contributed by atoms with E-state index < -0.39 is 0 Å². The summed E-state index contributed by atoms with van der Waals surface area (Å²) in [7, 11) is 0. The lowest BCUT2D eigenvalue weighted by molar-refractivity contribution is -0.123. The molecule has 7 nitrogen and oxygen atoms in total. The minimum Gasteiger partial charge on any atom is -0.486 e. The van der Waals surface area contributed by atoms with Crippen molar-refractivity contribution in [3.63, 3.8) is 0 Å². The molecule has 2 amide bonds. The number of nitrogens with one attached hydrogen (secondary N) is 1. The maximum atomic E-state index is 13.2. The van der Waals surface area contributed by atoms with Gasteiger partial charge in [-0.3, -0.25) is 9.59 Å². The van der Waals surface area contributed by atoms with Crippen molar-refractivity contribution in [2.24, 2.45) is 0 Å². The summed E-state index contributed by atoms with van der Waals surface area (Å²) in [5.41, 5.74) is 2.91. The second kappa shape index (κ2) is 8.42. The summed E-state index contributed by atoms with van der Waals surface area (Å²) in [6.45, 7) is 13.1. The van der Waals surface area contributed by atoms with Crippen LogP contribution in [0.1, 0.15) is 49.4 Å². The first-order chi connectivity index (χ1) is 14.1. The highest BCUT2D eigenvalue weighted by Gasteiger charge is 2.24. The summed E-state index contributed by atoms with van der Waals surface area (Å²) in [4.78, 5) is 27.1. The second-order valence-electron chi connectivity index (χ2n) is 8.57. The van der Waals surface area contributed by atoms with Gasteiger partial charge in [-0.25, -0.2) is 0 Å². The van der Waals surface area contributed by atoms with Gasteiger partial charge in [-0.05, 0) is 59.7 Å². The van der Waals surface area contributed by atoms with Gasteiger partial charge in [0.05, 0.1) is 12.1 Å². The number of amides is 2. The Morgan fingerprint density at radius 3 is 2.40 bits per heavy atom. The van der Waals surface area contributed by atoms with Gasteiger partial charge in [-0.2, -0.15) is 0 Å². The van der Waals surface area contributed by atoms with Gasteiger partial charge in [0, 0.05) is 35.2 Å². The topological polar surface area (TPSA) is 72.8 Å². The Bertz CT molecular complexity index is 956. The van der Waals surface area contributed by atoms with E-state index in [1.54, 1.807) is 4.90 Å². The molecule has 0 atom stereocenters. The van der Waals surface area contributed by atoms with Crippen LogP contribution in [0.4, 0.5) is 0 Å². The number of carbonyl (C=O) groups excluding carboxylic acids is 2. The van der Waals surface area contributed by atoms with Crippen molar-refractivity contribution in [2.45, 2.75) is 47.1 Å². The van der Waals surface area contributed by atoms with E-state index >= 15 is 0 Å². The van der Waals surface area contributed by atoms with E-state index in [4.69, 9.17) is 9.47 Å². The predicted octanol–water partition coefficient (Wildman–Crippen LogP) is 3.24. The first-order valence-corrected chi connectivity index (χ1v) is 10.3. The average Bonchev–Trinajstić information content (AvgIpc) is 2.98. The summed E-state index contributed by atoms with van der Waals surface area (Å²) < 4.78 is 13.3. The van der Waals surface area contributed by atoms with Gasteiger partial charge in [-0.1, -0.05) is 0 Å². The van der Waals surface area contributed by atoms with Crippen molar-refractivity contribution in [2.75, 3.05) is 26.3 Å². The molecule has 0 unspecified atom stereocenters. The highest BCUT2D eigenvalue weighted by atomic mass is 16.6. The first kappa shape index (κ1) is 21.7. The standard InChI is InChI=1S/C23H31N3O4/c1-7-25(14-21(27)24-23(4,5)6)22(28)18-12-15(2)26(16(18)3)17-8-9-19-20(13-17)30-11-10-29-19/h8-9,12-13H,7,10-11,14H2,1-6H3,(H,24,27). The largest absolute Gasteiger partial charge is 0.486 e. The van der Waals surface area contributed by atoms with Crippen LogP contribution < -0.4 is 14.8 Å². The number of carbonyl (C=O) groups is 2. The quantitative estimate of drug-likeness (QED) is 0.817. The molecule has 3 rings (SSSR count). The zero-order valence-electron chi connectivity index (χ0n) is 18.7. The number of hydrogen-bond acceptors (Lipinski definition) is 4. The molecule has 1 aromatic heterocycles. The minimum absolute atomic E-state index is 0.0281. The number of rotatable bonds is 5. The van der Waals surface area contributed by atoms with E-state index in [1.165, 1.54) is 0 Å². The van der Waals surface area contributed by atoms with Gasteiger partial charge < -0.3 is 24.3 Å². The van der Waals surface area contributed by atoms with Crippen LogP contribution in [0.15, 0.2) is 24.3 Å². The molecule has 2 heterocycles. The summed E-state index contributed by atoms with van der Waals surface area (Å²) in [6, 6.07) is 7.64. The van der Waals surface area contributed by atoms with Gasteiger partial charge in [0.1, 0.15) is 13.2 Å². The number of benzene rings is 1. The van der Waals surface area contributed by atoms with Crippen LogP contribution in [0, 0.1) is 13.8 Å². The normalized spacial score (nSPS) is 13.1. The van der Waals surface area contributed by atoms with Crippen LogP contribution in [0.2, 0.25) is 0 Å². The summed E-state index contributed by atoms with van der Waals surface area (Å²) in [5, 5.41) is 2.91. The van der Waals surface area contributed by atoms with Gasteiger partial charge in [0.2, 0.25) is 5.91 Å². The molecule has 1 aliphatic rings. The molecule has 162 valence electrons. The van der Waals surface area contributed by atoms with E-state index in [0.29, 0.717) is 31.1 Å². The number of likely N-dealkylation sites (N-methyl/N-ethyl adjacent to an activating group) is 1. The molecular formula is C23H31N3O4. The van der Waals surface area contributed by atoms with Crippen LogP contribution >= 0.6 is 0 Å². The third-order valence-electron chi connectivity index (χ3n) is 4.96. The zero-order valence-corrected chi connectivity index (χ0v) is 18.7. The highest BCUT2D eigenvalue weighted by Crippen LogP contribution is 2.33. The minimum atomic E-state index is -0.340. The van der Waals surface area contributed by atoms with E-state index in [0.717, 1.165) is 22.8 Å². The molecule has 0 saturated heterocycles. The number of hydrogen-bond donors (Lipinski definition) is 1. The van der Waals surface area contributed by atoms with Crippen molar-refractivity contribution >= 4 is 11.8 Å². The number of ether oxygens (including phenoxy) is 2. The SMILES string of the molecule is CCN(CC(=O)NC(C)(C)C)C(=O)c1cc(C)n(-c2ccc3c(c2)OCCO3)c1C. The third kappa shape index (κ3) is 4.61. The van der Waals surface area contributed by atoms with E-state index in [2.05, 4.69) is 5.32 Å². The van der Waals surface area contributed by atoms with E-state index in [9.17, 15) is 9.59 Å². The monoisotopic (exact) mass is 413 g/mol. The maximum absolute atomic E-state index is 13.2. The molecule has 1 aromatic carbocycles. The Morgan fingerprint density at radius 2 is 1.77 bits per heavy atom. The highest BCUT2D eigenvalue weighted by molar-refractivity contribution is 5.98. The predicted molar refractivity (Wildman–Crippen MR) is 116 cm³/mol. The number of nitrogens with zero attached hydrogens (tertiary/aromatic N) is 2. The summed E-state index contributed by atoms with van der Waals surface area (Å²) in [5.74, 6) is 1.11. The average molecular weight is 414 g/mol. The molecular weight excluding hydrogens is 382 g/mol. The number of aromatic nitrogens is 1. The zero-order chi connectivity index (χ0) is 22.1. The summed E-state index contributed by atoms with van der Waals surface area (Å²) >= 11 is 0. The van der Waals surface area contributed by atoms with Gasteiger partial charge in [0.15, 0.2) is 11.5 Å². The second-order valence-corrected chi connectivity index (χ2v) is 8.57. The molecule has 0 aliphatic carbocycles.